The van der Waals surface area contributed by atoms with Gasteiger partial charge in [-0.2, -0.15) is 0 Å². The summed E-state index contributed by atoms with van der Waals surface area (Å²) < 4.78 is 13.7. The number of hydrogen-bond acceptors (Lipinski definition) is 2. The maximum absolute atomic E-state index is 13.7. The van der Waals surface area contributed by atoms with Crippen LogP contribution in [0.3, 0.4) is 0 Å². The van der Waals surface area contributed by atoms with Crippen molar-refractivity contribution in [2.24, 2.45) is 11.1 Å². The van der Waals surface area contributed by atoms with Gasteiger partial charge >= 0.3 is 0 Å². The Hall–Kier alpha value is -0.930. The first-order valence-electron chi connectivity index (χ1n) is 6.00. The smallest absolute Gasteiger partial charge is 0.128 e. The van der Waals surface area contributed by atoms with E-state index in [0.29, 0.717) is 12.1 Å². The van der Waals surface area contributed by atoms with Crippen LogP contribution in [0.25, 0.3) is 0 Å². The number of rotatable bonds is 4. The number of halogens is 1. The molecule has 0 amide bonds. The first-order valence-corrected chi connectivity index (χ1v) is 6.00. The van der Waals surface area contributed by atoms with E-state index in [4.69, 9.17) is 5.73 Å². The Morgan fingerprint density at radius 2 is 1.88 bits per heavy atom. The summed E-state index contributed by atoms with van der Waals surface area (Å²) in [6.45, 7) is 7.80. The third-order valence-electron chi connectivity index (χ3n) is 2.74. The minimum absolute atomic E-state index is 0.0598. The molecule has 0 radical (unpaired) electrons. The molecule has 0 saturated carbocycles. The van der Waals surface area contributed by atoms with E-state index >= 15 is 0 Å². The zero-order valence-electron chi connectivity index (χ0n) is 11.2. The third kappa shape index (κ3) is 4.10. The summed E-state index contributed by atoms with van der Waals surface area (Å²) in [6.07, 6.45) is 0. The minimum Gasteiger partial charge on any atom is -0.329 e. The molecule has 0 bridgehead atoms. The summed E-state index contributed by atoms with van der Waals surface area (Å²) in [5, 5.41) is 0. The Labute approximate surface area is 104 Å². The molecule has 2 nitrogen and oxygen atoms in total. The van der Waals surface area contributed by atoms with Gasteiger partial charge in [-0.05, 0) is 18.5 Å². The fourth-order valence-electron chi connectivity index (χ4n) is 2.15. The highest BCUT2D eigenvalue weighted by Gasteiger charge is 2.22. The molecule has 0 aliphatic carbocycles. The van der Waals surface area contributed by atoms with Gasteiger partial charge in [-0.15, -0.1) is 0 Å². The molecule has 17 heavy (non-hydrogen) atoms. The van der Waals surface area contributed by atoms with Gasteiger partial charge in [0.15, 0.2) is 0 Å². The Morgan fingerprint density at radius 1 is 1.29 bits per heavy atom. The van der Waals surface area contributed by atoms with Crippen LogP contribution in [0, 0.1) is 11.2 Å². The number of benzene rings is 1. The third-order valence-corrected chi connectivity index (χ3v) is 2.74. The molecular formula is C14H23FN2. The lowest BCUT2D eigenvalue weighted by Crippen LogP contribution is -2.36. The standard InChI is InChI=1S/C14H23FN2/c1-14(2,3)10-17(4)13(9-16)11-7-5-6-8-12(11)15/h5-8,13H,9-10,16H2,1-4H3. The molecule has 96 valence electrons. The van der Waals surface area contributed by atoms with E-state index in [0.717, 1.165) is 6.54 Å². The molecule has 0 fully saturated rings. The number of likely N-dealkylation sites (N-methyl/N-ethyl adjacent to an activating group) is 1. The van der Waals surface area contributed by atoms with E-state index in [-0.39, 0.29) is 17.3 Å². The molecule has 0 aliphatic heterocycles. The van der Waals surface area contributed by atoms with Crippen molar-refractivity contribution in [3.05, 3.63) is 35.6 Å². The summed E-state index contributed by atoms with van der Waals surface area (Å²) in [7, 11) is 2.00. The fraction of sp³-hybridized carbons (Fsp3) is 0.571. The van der Waals surface area contributed by atoms with Gasteiger partial charge < -0.3 is 5.73 Å². The zero-order valence-corrected chi connectivity index (χ0v) is 11.2. The normalized spacial score (nSPS) is 14.1. The monoisotopic (exact) mass is 238 g/mol. The SMILES string of the molecule is CN(CC(C)(C)C)C(CN)c1ccccc1F. The minimum atomic E-state index is -0.177. The van der Waals surface area contributed by atoms with E-state index in [1.165, 1.54) is 6.07 Å². The van der Waals surface area contributed by atoms with Gasteiger partial charge in [0, 0.05) is 24.7 Å². The van der Waals surface area contributed by atoms with Crippen LogP contribution in [0.1, 0.15) is 32.4 Å². The molecule has 1 aromatic carbocycles. The van der Waals surface area contributed by atoms with Gasteiger partial charge in [0.1, 0.15) is 5.82 Å². The lowest BCUT2D eigenvalue weighted by Gasteiger charge is -2.33. The van der Waals surface area contributed by atoms with Crippen molar-refractivity contribution in [1.29, 1.82) is 0 Å². The maximum Gasteiger partial charge on any atom is 0.128 e. The second-order valence-electron chi connectivity index (χ2n) is 5.75. The van der Waals surface area contributed by atoms with Crippen molar-refractivity contribution >= 4 is 0 Å². The Balaban J connectivity index is 2.89. The van der Waals surface area contributed by atoms with Crippen molar-refractivity contribution in [2.75, 3.05) is 20.1 Å². The van der Waals surface area contributed by atoms with Gasteiger partial charge in [-0.3, -0.25) is 4.90 Å². The van der Waals surface area contributed by atoms with Crippen LogP contribution in [0.15, 0.2) is 24.3 Å². The molecule has 1 aromatic rings. The van der Waals surface area contributed by atoms with Crippen molar-refractivity contribution in [3.8, 4) is 0 Å². The quantitative estimate of drug-likeness (QED) is 0.874. The van der Waals surface area contributed by atoms with Crippen LogP contribution in [0.4, 0.5) is 4.39 Å². The van der Waals surface area contributed by atoms with Crippen LogP contribution < -0.4 is 5.73 Å². The van der Waals surface area contributed by atoms with Crippen molar-refractivity contribution in [3.63, 3.8) is 0 Å². The topological polar surface area (TPSA) is 29.3 Å². The summed E-state index contributed by atoms with van der Waals surface area (Å²) in [5.74, 6) is -0.177. The summed E-state index contributed by atoms with van der Waals surface area (Å²) >= 11 is 0. The lowest BCUT2D eigenvalue weighted by molar-refractivity contribution is 0.173. The summed E-state index contributed by atoms with van der Waals surface area (Å²) in [6, 6.07) is 6.80. The van der Waals surface area contributed by atoms with Crippen molar-refractivity contribution in [2.45, 2.75) is 26.8 Å². The largest absolute Gasteiger partial charge is 0.329 e. The highest BCUT2D eigenvalue weighted by molar-refractivity contribution is 5.21. The molecule has 0 aromatic heterocycles. The van der Waals surface area contributed by atoms with Gasteiger partial charge in [-0.25, -0.2) is 4.39 Å². The van der Waals surface area contributed by atoms with Gasteiger partial charge in [-0.1, -0.05) is 39.0 Å². The van der Waals surface area contributed by atoms with Crippen molar-refractivity contribution < 1.29 is 4.39 Å². The van der Waals surface area contributed by atoms with E-state index in [2.05, 4.69) is 25.7 Å². The van der Waals surface area contributed by atoms with E-state index in [1.807, 2.05) is 19.2 Å². The van der Waals surface area contributed by atoms with Crippen LogP contribution in [0.5, 0.6) is 0 Å². The average Bonchev–Trinajstić information content (AvgIpc) is 2.19. The predicted molar refractivity (Wildman–Crippen MR) is 70.3 cm³/mol. The number of hydrogen-bond donors (Lipinski definition) is 1. The molecule has 1 atom stereocenters. The average molecular weight is 238 g/mol. The second kappa shape index (κ2) is 5.61. The Bertz CT molecular complexity index is 357. The van der Waals surface area contributed by atoms with Gasteiger partial charge in [0.05, 0.1) is 0 Å². The molecular weight excluding hydrogens is 215 g/mol. The molecule has 0 aliphatic rings. The van der Waals surface area contributed by atoms with Crippen LogP contribution in [-0.4, -0.2) is 25.0 Å². The Morgan fingerprint density at radius 3 is 2.35 bits per heavy atom. The molecule has 1 rings (SSSR count). The molecule has 0 heterocycles. The molecule has 0 spiro atoms. The molecule has 1 unspecified atom stereocenters. The first-order chi connectivity index (χ1) is 7.85. The highest BCUT2D eigenvalue weighted by Crippen LogP contribution is 2.25. The van der Waals surface area contributed by atoms with Crippen LogP contribution >= 0.6 is 0 Å². The maximum atomic E-state index is 13.7. The van der Waals surface area contributed by atoms with Crippen LogP contribution in [-0.2, 0) is 0 Å². The van der Waals surface area contributed by atoms with Gasteiger partial charge in [0.2, 0.25) is 0 Å². The lowest BCUT2D eigenvalue weighted by atomic mass is 9.94. The highest BCUT2D eigenvalue weighted by atomic mass is 19.1. The fourth-order valence-corrected chi connectivity index (χ4v) is 2.15. The second-order valence-corrected chi connectivity index (χ2v) is 5.75. The first kappa shape index (κ1) is 14.1. The summed E-state index contributed by atoms with van der Waals surface area (Å²) in [5.41, 5.74) is 6.64. The molecule has 2 N–H and O–H groups in total. The Kier molecular flexibility index (Phi) is 4.66. The number of nitrogens with two attached hydrogens (primary N) is 1. The molecule has 0 saturated heterocycles. The zero-order chi connectivity index (χ0) is 13.1. The van der Waals surface area contributed by atoms with Crippen molar-refractivity contribution in [1.82, 2.24) is 4.90 Å². The summed E-state index contributed by atoms with van der Waals surface area (Å²) in [4.78, 5) is 2.12. The number of nitrogens with zero attached hydrogens (tertiary/aromatic N) is 1. The van der Waals surface area contributed by atoms with E-state index < -0.39 is 0 Å². The van der Waals surface area contributed by atoms with E-state index in [9.17, 15) is 4.39 Å². The predicted octanol–water partition coefficient (Wildman–Crippen LogP) is 2.80. The van der Waals surface area contributed by atoms with Gasteiger partial charge in [0.25, 0.3) is 0 Å². The molecule has 3 heteroatoms. The van der Waals surface area contributed by atoms with E-state index in [1.54, 1.807) is 6.07 Å². The van der Waals surface area contributed by atoms with Crippen LogP contribution in [0.2, 0.25) is 0 Å².